The Morgan fingerprint density at radius 1 is 1.38 bits per heavy atom. The standard InChI is InChI=1S/C12H17Cl2NO/c1-16-9-11(6-7-13)15-8-10-4-2-3-5-12(10)14/h2-5,11,15H,6-9H2,1H3. The zero-order valence-corrected chi connectivity index (χ0v) is 10.9. The molecule has 0 aromatic heterocycles. The molecule has 0 spiro atoms. The number of ether oxygens (including phenoxy) is 1. The average molecular weight is 262 g/mol. The summed E-state index contributed by atoms with van der Waals surface area (Å²) in [7, 11) is 1.69. The molecule has 0 saturated carbocycles. The van der Waals surface area contributed by atoms with Crippen LogP contribution in [0.4, 0.5) is 0 Å². The van der Waals surface area contributed by atoms with Crippen molar-refractivity contribution in [2.75, 3.05) is 19.6 Å². The van der Waals surface area contributed by atoms with Crippen LogP contribution in [0.3, 0.4) is 0 Å². The summed E-state index contributed by atoms with van der Waals surface area (Å²) in [6, 6.07) is 8.09. The van der Waals surface area contributed by atoms with Gasteiger partial charge in [-0.1, -0.05) is 29.8 Å². The first kappa shape index (κ1) is 13.8. The minimum absolute atomic E-state index is 0.277. The minimum Gasteiger partial charge on any atom is -0.383 e. The van der Waals surface area contributed by atoms with E-state index < -0.39 is 0 Å². The molecular formula is C12H17Cl2NO. The Morgan fingerprint density at radius 2 is 2.12 bits per heavy atom. The van der Waals surface area contributed by atoms with Crippen molar-refractivity contribution in [1.82, 2.24) is 5.32 Å². The zero-order valence-electron chi connectivity index (χ0n) is 9.38. The third kappa shape index (κ3) is 4.71. The van der Waals surface area contributed by atoms with Crippen LogP contribution in [0.15, 0.2) is 24.3 Å². The third-order valence-corrected chi connectivity index (χ3v) is 2.95. The number of alkyl halides is 1. The molecule has 0 fully saturated rings. The highest BCUT2D eigenvalue weighted by Crippen LogP contribution is 2.14. The van der Waals surface area contributed by atoms with Crippen molar-refractivity contribution in [2.45, 2.75) is 19.0 Å². The van der Waals surface area contributed by atoms with Crippen molar-refractivity contribution in [3.63, 3.8) is 0 Å². The second-order valence-electron chi connectivity index (χ2n) is 3.60. The van der Waals surface area contributed by atoms with Crippen LogP contribution in [0.5, 0.6) is 0 Å². The number of hydrogen-bond donors (Lipinski definition) is 1. The van der Waals surface area contributed by atoms with Crippen LogP contribution < -0.4 is 5.32 Å². The van der Waals surface area contributed by atoms with Gasteiger partial charge in [0.1, 0.15) is 0 Å². The lowest BCUT2D eigenvalue weighted by Gasteiger charge is -2.17. The van der Waals surface area contributed by atoms with Crippen molar-refractivity contribution in [2.24, 2.45) is 0 Å². The first-order valence-electron chi connectivity index (χ1n) is 5.29. The van der Waals surface area contributed by atoms with Crippen LogP contribution in [0.2, 0.25) is 5.02 Å². The molecule has 1 unspecified atom stereocenters. The summed E-state index contributed by atoms with van der Waals surface area (Å²) in [5, 5.41) is 4.17. The second-order valence-corrected chi connectivity index (χ2v) is 4.39. The van der Waals surface area contributed by atoms with Crippen LogP contribution in [0, 0.1) is 0 Å². The fraction of sp³-hybridized carbons (Fsp3) is 0.500. The molecule has 0 heterocycles. The molecule has 1 atom stereocenters. The Kier molecular flexibility index (Phi) is 6.81. The van der Waals surface area contributed by atoms with Crippen molar-refractivity contribution in [1.29, 1.82) is 0 Å². The van der Waals surface area contributed by atoms with Gasteiger partial charge in [-0.25, -0.2) is 0 Å². The molecule has 1 rings (SSSR count). The van der Waals surface area contributed by atoms with Crippen LogP contribution in [0.25, 0.3) is 0 Å². The molecule has 0 aliphatic rings. The highest BCUT2D eigenvalue weighted by Gasteiger charge is 2.07. The Labute approximate surface area is 107 Å². The third-order valence-electron chi connectivity index (χ3n) is 2.36. The Morgan fingerprint density at radius 3 is 2.75 bits per heavy atom. The number of methoxy groups -OCH3 is 1. The van der Waals surface area contributed by atoms with Gasteiger partial charge in [-0.2, -0.15) is 0 Å². The molecule has 0 aliphatic carbocycles. The van der Waals surface area contributed by atoms with Gasteiger partial charge in [0.15, 0.2) is 0 Å². The lowest BCUT2D eigenvalue weighted by molar-refractivity contribution is 0.164. The molecule has 0 saturated heterocycles. The monoisotopic (exact) mass is 261 g/mol. The highest BCUT2D eigenvalue weighted by molar-refractivity contribution is 6.31. The lowest BCUT2D eigenvalue weighted by Crippen LogP contribution is -2.33. The second kappa shape index (κ2) is 7.91. The Balaban J connectivity index is 2.45. The molecule has 1 N–H and O–H groups in total. The molecule has 1 aromatic rings. The SMILES string of the molecule is COCC(CCCl)NCc1ccccc1Cl. The average Bonchev–Trinajstić information content (AvgIpc) is 2.28. The zero-order chi connectivity index (χ0) is 11.8. The summed E-state index contributed by atoms with van der Waals surface area (Å²) in [4.78, 5) is 0. The van der Waals surface area contributed by atoms with Gasteiger partial charge in [-0.15, -0.1) is 11.6 Å². The van der Waals surface area contributed by atoms with Crippen molar-refractivity contribution >= 4 is 23.2 Å². The molecule has 2 nitrogen and oxygen atoms in total. The number of hydrogen-bond acceptors (Lipinski definition) is 2. The lowest BCUT2D eigenvalue weighted by atomic mass is 10.2. The van der Waals surface area contributed by atoms with Gasteiger partial charge in [0, 0.05) is 30.6 Å². The summed E-state index contributed by atoms with van der Waals surface area (Å²) < 4.78 is 5.12. The van der Waals surface area contributed by atoms with Gasteiger partial charge >= 0.3 is 0 Å². The molecular weight excluding hydrogens is 245 g/mol. The Bertz CT molecular complexity index is 301. The van der Waals surface area contributed by atoms with Crippen LogP contribution in [0.1, 0.15) is 12.0 Å². The summed E-state index contributed by atoms with van der Waals surface area (Å²) in [5.74, 6) is 0.629. The van der Waals surface area contributed by atoms with E-state index in [0.29, 0.717) is 12.5 Å². The van der Waals surface area contributed by atoms with E-state index in [1.165, 1.54) is 0 Å². The number of benzene rings is 1. The van der Waals surface area contributed by atoms with Gasteiger partial charge in [-0.05, 0) is 18.1 Å². The topological polar surface area (TPSA) is 21.3 Å². The van der Waals surface area contributed by atoms with Crippen LogP contribution >= 0.6 is 23.2 Å². The van der Waals surface area contributed by atoms with Crippen molar-refractivity contribution < 1.29 is 4.74 Å². The summed E-state index contributed by atoms with van der Waals surface area (Å²) in [6.45, 7) is 1.40. The molecule has 0 amide bonds. The molecule has 0 radical (unpaired) electrons. The molecule has 16 heavy (non-hydrogen) atoms. The van der Waals surface area contributed by atoms with E-state index in [2.05, 4.69) is 5.32 Å². The maximum absolute atomic E-state index is 6.06. The fourth-order valence-corrected chi connectivity index (χ4v) is 1.94. The maximum atomic E-state index is 6.06. The fourth-order valence-electron chi connectivity index (χ4n) is 1.47. The Hall–Kier alpha value is -0.280. The molecule has 0 aliphatic heterocycles. The van der Waals surface area contributed by atoms with Gasteiger partial charge < -0.3 is 10.1 Å². The summed E-state index contributed by atoms with van der Waals surface area (Å²) in [5.41, 5.74) is 1.10. The van der Waals surface area contributed by atoms with Gasteiger partial charge in [0.25, 0.3) is 0 Å². The molecule has 90 valence electrons. The normalized spacial score (nSPS) is 12.7. The quantitative estimate of drug-likeness (QED) is 0.762. The van der Waals surface area contributed by atoms with Gasteiger partial charge in [-0.3, -0.25) is 0 Å². The van der Waals surface area contributed by atoms with Crippen LogP contribution in [-0.2, 0) is 11.3 Å². The first-order chi connectivity index (χ1) is 7.77. The summed E-state index contributed by atoms with van der Waals surface area (Å²) in [6.07, 6.45) is 0.889. The van der Waals surface area contributed by atoms with Crippen LogP contribution in [-0.4, -0.2) is 25.6 Å². The smallest absolute Gasteiger partial charge is 0.0616 e. The largest absolute Gasteiger partial charge is 0.383 e. The number of rotatable bonds is 7. The maximum Gasteiger partial charge on any atom is 0.0616 e. The van der Waals surface area contributed by atoms with E-state index >= 15 is 0 Å². The molecule has 4 heteroatoms. The highest BCUT2D eigenvalue weighted by atomic mass is 35.5. The number of halogens is 2. The van der Waals surface area contributed by atoms with E-state index in [4.69, 9.17) is 27.9 Å². The summed E-state index contributed by atoms with van der Waals surface area (Å²) >= 11 is 11.8. The minimum atomic E-state index is 0.277. The van der Waals surface area contributed by atoms with E-state index in [9.17, 15) is 0 Å². The van der Waals surface area contributed by atoms with Crippen molar-refractivity contribution in [3.05, 3.63) is 34.9 Å². The van der Waals surface area contributed by atoms with Gasteiger partial charge in [0.05, 0.1) is 6.61 Å². The predicted molar refractivity (Wildman–Crippen MR) is 69.3 cm³/mol. The van der Waals surface area contributed by atoms with Crippen molar-refractivity contribution in [3.8, 4) is 0 Å². The van der Waals surface area contributed by atoms with E-state index in [-0.39, 0.29) is 6.04 Å². The van der Waals surface area contributed by atoms with E-state index in [1.54, 1.807) is 7.11 Å². The molecule has 0 bridgehead atoms. The first-order valence-corrected chi connectivity index (χ1v) is 6.21. The van der Waals surface area contributed by atoms with E-state index in [1.807, 2.05) is 24.3 Å². The molecule has 1 aromatic carbocycles. The number of nitrogens with one attached hydrogen (secondary N) is 1. The predicted octanol–water partition coefficient (Wildman–Crippen LogP) is 3.07. The van der Waals surface area contributed by atoms with Gasteiger partial charge in [0.2, 0.25) is 0 Å². The van der Waals surface area contributed by atoms with E-state index in [0.717, 1.165) is 23.6 Å².